The number of H-pyrrole nitrogens is 1. The number of carbonyl (C=O) groups excluding carboxylic acids is 2. The second kappa shape index (κ2) is 6.12. The van der Waals surface area contributed by atoms with E-state index < -0.39 is 24.3 Å². The number of Topliss-reactive ketones (excluding diaryl/α,β-unsaturated/α-hetero) is 2. The molecule has 0 fully saturated rings. The Morgan fingerprint density at radius 2 is 1.85 bits per heavy atom. The third-order valence-corrected chi connectivity index (χ3v) is 4.28. The van der Waals surface area contributed by atoms with Crippen LogP contribution < -0.4 is 0 Å². The Morgan fingerprint density at radius 3 is 2.42 bits per heavy atom. The molecular formula is C18H16F3N3O2. The van der Waals surface area contributed by atoms with Crippen molar-refractivity contribution in [3.63, 3.8) is 0 Å². The number of aromatic nitrogens is 3. The second-order valence-electron chi connectivity index (χ2n) is 6.11. The summed E-state index contributed by atoms with van der Waals surface area (Å²) in [5.74, 6) is -1.88. The number of hydrogen-bond acceptors (Lipinski definition) is 3. The van der Waals surface area contributed by atoms with Gasteiger partial charge in [0.25, 0.3) is 0 Å². The van der Waals surface area contributed by atoms with E-state index in [1.165, 1.54) is 19.1 Å². The number of benzene rings is 1. The van der Waals surface area contributed by atoms with Crippen molar-refractivity contribution in [2.75, 3.05) is 0 Å². The number of fused-ring (bicyclic) bond motifs is 1. The van der Waals surface area contributed by atoms with E-state index in [1.807, 2.05) is 0 Å². The van der Waals surface area contributed by atoms with Gasteiger partial charge in [-0.25, -0.2) is 4.98 Å². The van der Waals surface area contributed by atoms with Gasteiger partial charge in [-0.15, -0.1) is 0 Å². The summed E-state index contributed by atoms with van der Waals surface area (Å²) in [5.41, 5.74) is 1.87. The number of alkyl halides is 3. The smallest absolute Gasteiger partial charge is 0.355 e. The molecule has 5 nitrogen and oxygen atoms in total. The largest absolute Gasteiger partial charge is 0.449 e. The van der Waals surface area contributed by atoms with E-state index in [-0.39, 0.29) is 22.5 Å². The van der Waals surface area contributed by atoms with Crippen LogP contribution in [0.2, 0.25) is 0 Å². The van der Waals surface area contributed by atoms with Crippen LogP contribution in [0.3, 0.4) is 0 Å². The molecule has 0 atom stereocenters. The van der Waals surface area contributed by atoms with Crippen molar-refractivity contribution in [2.45, 2.75) is 33.5 Å². The topological polar surface area (TPSA) is 67.8 Å². The fraction of sp³-hybridized carbons (Fsp3) is 0.278. The third-order valence-electron chi connectivity index (χ3n) is 4.28. The summed E-state index contributed by atoms with van der Waals surface area (Å²) in [6.07, 6.45) is -4.69. The number of aromatic amines is 1. The van der Waals surface area contributed by atoms with Crippen molar-refractivity contribution in [3.8, 4) is 0 Å². The lowest BCUT2D eigenvalue weighted by molar-refractivity contribution is -0.146. The zero-order valence-electron chi connectivity index (χ0n) is 14.4. The highest BCUT2D eigenvalue weighted by Gasteiger charge is 2.38. The number of imidazole rings is 1. The Labute approximate surface area is 146 Å². The molecule has 0 aliphatic rings. The lowest BCUT2D eigenvalue weighted by atomic mass is 10.1. The van der Waals surface area contributed by atoms with Gasteiger partial charge in [-0.1, -0.05) is 12.1 Å². The summed E-state index contributed by atoms with van der Waals surface area (Å²) < 4.78 is 40.9. The molecule has 2 aromatic heterocycles. The van der Waals surface area contributed by atoms with Gasteiger partial charge in [-0.3, -0.25) is 9.59 Å². The fourth-order valence-corrected chi connectivity index (χ4v) is 3.23. The van der Waals surface area contributed by atoms with Crippen LogP contribution in [-0.4, -0.2) is 26.1 Å². The minimum absolute atomic E-state index is 0.138. The summed E-state index contributed by atoms with van der Waals surface area (Å²) in [6, 6.07) is 6.12. The monoisotopic (exact) mass is 363 g/mol. The van der Waals surface area contributed by atoms with E-state index in [0.717, 1.165) is 4.57 Å². The SMILES string of the molecule is CC(=O)c1c(C)[nH]c(C(=O)Cn2c(C(F)(F)F)nc3ccccc32)c1C. The van der Waals surface area contributed by atoms with Gasteiger partial charge in [0.2, 0.25) is 5.82 Å². The number of ketones is 2. The Hall–Kier alpha value is -2.90. The van der Waals surface area contributed by atoms with Crippen molar-refractivity contribution < 1.29 is 22.8 Å². The first-order valence-corrected chi connectivity index (χ1v) is 7.87. The molecule has 0 unspecified atom stereocenters. The minimum atomic E-state index is -4.69. The van der Waals surface area contributed by atoms with Crippen LogP contribution in [0.5, 0.6) is 0 Å². The molecule has 1 aromatic carbocycles. The zero-order valence-corrected chi connectivity index (χ0v) is 14.4. The van der Waals surface area contributed by atoms with Gasteiger partial charge < -0.3 is 9.55 Å². The highest BCUT2D eigenvalue weighted by atomic mass is 19.4. The molecule has 0 radical (unpaired) electrons. The van der Waals surface area contributed by atoms with Gasteiger partial charge in [0, 0.05) is 11.3 Å². The highest BCUT2D eigenvalue weighted by molar-refractivity contribution is 6.03. The minimum Gasteiger partial charge on any atom is -0.355 e. The Morgan fingerprint density at radius 1 is 1.19 bits per heavy atom. The summed E-state index contributed by atoms with van der Waals surface area (Å²) in [4.78, 5) is 30.8. The summed E-state index contributed by atoms with van der Waals surface area (Å²) in [5, 5.41) is 0. The van der Waals surface area contributed by atoms with Crippen LogP contribution in [0.25, 0.3) is 11.0 Å². The summed E-state index contributed by atoms with van der Waals surface area (Å²) >= 11 is 0. The van der Waals surface area contributed by atoms with E-state index >= 15 is 0 Å². The Kier molecular flexibility index (Phi) is 4.21. The maximum absolute atomic E-state index is 13.3. The number of para-hydroxylation sites is 2. The lowest BCUT2D eigenvalue weighted by Crippen LogP contribution is -2.20. The molecule has 26 heavy (non-hydrogen) atoms. The standard InChI is InChI=1S/C18H16F3N3O2/c1-9-15(11(3)25)10(2)22-16(9)14(26)8-24-13-7-5-4-6-12(13)23-17(24)18(19,20)21/h4-7,22H,8H2,1-3H3. The van der Waals surface area contributed by atoms with E-state index in [0.29, 0.717) is 16.8 Å². The Bertz CT molecular complexity index is 1030. The van der Waals surface area contributed by atoms with Crippen LogP contribution in [0.15, 0.2) is 24.3 Å². The molecule has 0 saturated carbocycles. The summed E-state index contributed by atoms with van der Waals surface area (Å²) in [6.45, 7) is 4.09. The van der Waals surface area contributed by atoms with Gasteiger partial charge in [-0.2, -0.15) is 13.2 Å². The second-order valence-corrected chi connectivity index (χ2v) is 6.11. The molecule has 0 aliphatic carbocycles. The first-order chi connectivity index (χ1) is 12.1. The Balaban J connectivity index is 2.08. The van der Waals surface area contributed by atoms with Crippen molar-refractivity contribution in [2.24, 2.45) is 0 Å². The van der Waals surface area contributed by atoms with Crippen LogP contribution in [-0.2, 0) is 12.7 Å². The van der Waals surface area contributed by atoms with Crippen molar-refractivity contribution in [3.05, 3.63) is 52.6 Å². The molecule has 8 heteroatoms. The summed E-state index contributed by atoms with van der Waals surface area (Å²) in [7, 11) is 0. The van der Waals surface area contributed by atoms with Gasteiger partial charge in [0.1, 0.15) is 0 Å². The molecule has 1 N–H and O–H groups in total. The fourth-order valence-electron chi connectivity index (χ4n) is 3.23. The van der Waals surface area contributed by atoms with E-state index in [9.17, 15) is 22.8 Å². The van der Waals surface area contributed by atoms with Crippen LogP contribution in [0.4, 0.5) is 13.2 Å². The molecule has 0 saturated heterocycles. The van der Waals surface area contributed by atoms with Crippen LogP contribution >= 0.6 is 0 Å². The molecule has 0 amide bonds. The number of carbonyl (C=O) groups is 2. The molecule has 0 spiro atoms. The molecule has 2 heterocycles. The van der Waals surface area contributed by atoms with Crippen molar-refractivity contribution >= 4 is 22.6 Å². The normalized spacial score (nSPS) is 11.9. The molecular weight excluding hydrogens is 347 g/mol. The first-order valence-electron chi connectivity index (χ1n) is 7.87. The van der Waals surface area contributed by atoms with Crippen molar-refractivity contribution in [1.29, 1.82) is 0 Å². The van der Waals surface area contributed by atoms with Crippen LogP contribution in [0, 0.1) is 13.8 Å². The molecule has 0 bridgehead atoms. The van der Waals surface area contributed by atoms with Gasteiger partial charge in [0.05, 0.1) is 23.3 Å². The van der Waals surface area contributed by atoms with Gasteiger partial charge >= 0.3 is 6.18 Å². The third kappa shape index (κ3) is 2.91. The lowest BCUT2D eigenvalue weighted by Gasteiger charge is -2.10. The average molecular weight is 363 g/mol. The molecule has 136 valence electrons. The number of halogens is 3. The number of nitrogens with one attached hydrogen (secondary N) is 1. The number of nitrogens with zero attached hydrogens (tertiary/aromatic N) is 2. The molecule has 3 rings (SSSR count). The first kappa shape index (κ1) is 17.9. The van der Waals surface area contributed by atoms with E-state index in [2.05, 4.69) is 9.97 Å². The average Bonchev–Trinajstić information content (AvgIpc) is 3.05. The highest BCUT2D eigenvalue weighted by Crippen LogP contribution is 2.32. The van der Waals surface area contributed by atoms with Gasteiger partial charge in [-0.05, 0) is 38.5 Å². The van der Waals surface area contributed by atoms with Gasteiger partial charge in [0.15, 0.2) is 11.6 Å². The zero-order chi connectivity index (χ0) is 19.2. The quantitative estimate of drug-likeness (QED) is 0.710. The van der Waals surface area contributed by atoms with Crippen molar-refractivity contribution in [1.82, 2.24) is 14.5 Å². The van der Waals surface area contributed by atoms with Crippen LogP contribution in [0.1, 0.15) is 44.9 Å². The molecule has 3 aromatic rings. The predicted molar refractivity (Wildman–Crippen MR) is 89.3 cm³/mol. The molecule has 0 aliphatic heterocycles. The number of aryl methyl sites for hydroxylation is 1. The maximum atomic E-state index is 13.3. The maximum Gasteiger partial charge on any atom is 0.449 e. The van der Waals surface area contributed by atoms with E-state index in [1.54, 1.807) is 26.0 Å². The number of hydrogen-bond donors (Lipinski definition) is 1. The predicted octanol–water partition coefficient (Wildman–Crippen LogP) is 4.09. The van der Waals surface area contributed by atoms with E-state index in [4.69, 9.17) is 0 Å². The number of rotatable bonds is 4.